The number of oxazole rings is 1. The van der Waals surface area contributed by atoms with Crippen LogP contribution in [0.15, 0.2) is 71.4 Å². The average Bonchev–Trinajstić information content (AvgIpc) is 3.17. The molecular formula is C18H13ClN2O. The van der Waals surface area contributed by atoms with Gasteiger partial charge in [0.15, 0.2) is 11.5 Å². The van der Waals surface area contributed by atoms with E-state index in [-0.39, 0.29) is 0 Å². The molecule has 4 heteroatoms. The van der Waals surface area contributed by atoms with Gasteiger partial charge in [-0.15, -0.1) is 0 Å². The number of rotatable bonds is 3. The van der Waals surface area contributed by atoms with Crippen LogP contribution in [0.25, 0.3) is 16.8 Å². The molecule has 2 aromatic carbocycles. The molecule has 0 aliphatic rings. The Hall–Kier alpha value is -2.52. The first-order chi connectivity index (χ1) is 10.8. The van der Waals surface area contributed by atoms with Gasteiger partial charge in [0.05, 0.1) is 0 Å². The molecule has 0 saturated heterocycles. The van der Waals surface area contributed by atoms with Crippen molar-refractivity contribution >= 4 is 22.7 Å². The first-order valence-electron chi connectivity index (χ1n) is 7.05. The van der Waals surface area contributed by atoms with Crippen LogP contribution in [0, 0.1) is 0 Å². The van der Waals surface area contributed by atoms with E-state index >= 15 is 0 Å². The monoisotopic (exact) mass is 308 g/mol. The molecule has 0 saturated carbocycles. The molecule has 2 heterocycles. The first kappa shape index (κ1) is 13.2. The van der Waals surface area contributed by atoms with Crippen molar-refractivity contribution in [2.45, 2.75) is 6.42 Å². The topological polar surface area (TPSA) is 31.0 Å². The molecule has 3 nitrogen and oxygen atoms in total. The Balaban J connectivity index is 1.67. The van der Waals surface area contributed by atoms with E-state index in [0.717, 1.165) is 27.4 Å². The number of aromatic nitrogens is 2. The van der Waals surface area contributed by atoms with Gasteiger partial charge in [-0.25, -0.2) is 4.98 Å². The molecule has 0 fully saturated rings. The third kappa shape index (κ3) is 2.51. The Morgan fingerprint density at radius 2 is 1.77 bits per heavy atom. The zero-order valence-corrected chi connectivity index (χ0v) is 12.5. The highest BCUT2D eigenvalue weighted by atomic mass is 35.5. The molecule has 0 atom stereocenters. The summed E-state index contributed by atoms with van der Waals surface area (Å²) in [7, 11) is 0. The van der Waals surface area contributed by atoms with Crippen molar-refractivity contribution in [3.8, 4) is 5.69 Å². The lowest BCUT2D eigenvalue weighted by Gasteiger charge is -2.00. The minimum Gasteiger partial charge on any atom is -0.440 e. The van der Waals surface area contributed by atoms with Crippen molar-refractivity contribution in [2.75, 3.05) is 0 Å². The SMILES string of the molecule is Clc1ccc(Cc2nc3ccc(-n4cccc4)cc3o2)cc1. The van der Waals surface area contributed by atoms with Crippen LogP contribution in [-0.4, -0.2) is 9.55 Å². The minimum atomic E-state index is 0.657. The molecule has 0 aliphatic carbocycles. The third-order valence-corrected chi connectivity index (χ3v) is 3.84. The third-order valence-electron chi connectivity index (χ3n) is 3.59. The lowest BCUT2D eigenvalue weighted by Crippen LogP contribution is -1.88. The maximum absolute atomic E-state index is 5.90. The molecule has 0 unspecified atom stereocenters. The molecular weight excluding hydrogens is 296 g/mol. The molecule has 0 bridgehead atoms. The smallest absolute Gasteiger partial charge is 0.199 e. The van der Waals surface area contributed by atoms with E-state index in [1.807, 2.05) is 71.6 Å². The summed E-state index contributed by atoms with van der Waals surface area (Å²) >= 11 is 5.90. The Labute approximate surface area is 132 Å². The predicted octanol–water partition coefficient (Wildman–Crippen LogP) is 4.86. The van der Waals surface area contributed by atoms with Crippen LogP contribution in [-0.2, 0) is 6.42 Å². The Morgan fingerprint density at radius 1 is 1.00 bits per heavy atom. The van der Waals surface area contributed by atoms with Gasteiger partial charge in [-0.1, -0.05) is 23.7 Å². The van der Waals surface area contributed by atoms with Crippen molar-refractivity contribution in [1.29, 1.82) is 0 Å². The molecule has 0 N–H and O–H groups in total. The second-order valence-electron chi connectivity index (χ2n) is 5.15. The fourth-order valence-corrected chi connectivity index (χ4v) is 2.61. The summed E-state index contributed by atoms with van der Waals surface area (Å²) in [6.07, 6.45) is 4.67. The van der Waals surface area contributed by atoms with Gasteiger partial charge in [0.25, 0.3) is 0 Å². The molecule has 0 amide bonds. The lowest BCUT2D eigenvalue weighted by molar-refractivity contribution is 0.544. The van der Waals surface area contributed by atoms with Crippen molar-refractivity contribution in [3.05, 3.63) is 83.5 Å². The van der Waals surface area contributed by atoms with E-state index in [9.17, 15) is 0 Å². The summed E-state index contributed by atoms with van der Waals surface area (Å²) in [6.45, 7) is 0. The molecule has 22 heavy (non-hydrogen) atoms. The standard InChI is InChI=1S/C18H13ClN2O/c19-14-5-3-13(4-6-14)11-18-20-16-8-7-15(12-17(16)22-18)21-9-1-2-10-21/h1-10,12H,11H2. The highest BCUT2D eigenvalue weighted by molar-refractivity contribution is 6.30. The van der Waals surface area contributed by atoms with E-state index < -0.39 is 0 Å². The minimum absolute atomic E-state index is 0.657. The summed E-state index contributed by atoms with van der Waals surface area (Å²) < 4.78 is 7.93. The lowest BCUT2D eigenvalue weighted by atomic mass is 10.1. The van der Waals surface area contributed by atoms with E-state index in [1.54, 1.807) is 0 Å². The van der Waals surface area contributed by atoms with Gasteiger partial charge in [0.2, 0.25) is 0 Å². The number of benzene rings is 2. The zero-order valence-electron chi connectivity index (χ0n) is 11.7. The second kappa shape index (κ2) is 5.35. The Kier molecular flexibility index (Phi) is 3.20. The molecule has 4 aromatic rings. The summed E-state index contributed by atoms with van der Waals surface area (Å²) in [5.74, 6) is 0.710. The zero-order chi connectivity index (χ0) is 14.9. The van der Waals surface area contributed by atoms with Crippen LogP contribution in [0.5, 0.6) is 0 Å². The molecule has 4 rings (SSSR count). The predicted molar refractivity (Wildman–Crippen MR) is 87.6 cm³/mol. The Bertz CT molecular complexity index is 908. The maximum atomic E-state index is 5.90. The number of nitrogens with zero attached hydrogens (tertiary/aromatic N) is 2. The number of hydrogen-bond acceptors (Lipinski definition) is 2. The van der Waals surface area contributed by atoms with Gasteiger partial charge in [0.1, 0.15) is 5.52 Å². The summed E-state index contributed by atoms with van der Waals surface area (Å²) in [4.78, 5) is 4.54. The number of hydrogen-bond donors (Lipinski definition) is 0. The van der Waals surface area contributed by atoms with Crippen LogP contribution in [0.2, 0.25) is 5.02 Å². The average molecular weight is 309 g/mol. The molecule has 0 spiro atoms. The summed E-state index contributed by atoms with van der Waals surface area (Å²) in [5, 5.41) is 0.734. The van der Waals surface area contributed by atoms with Crippen molar-refractivity contribution in [2.24, 2.45) is 0 Å². The quantitative estimate of drug-likeness (QED) is 0.541. The molecule has 108 valence electrons. The normalized spacial score (nSPS) is 11.1. The maximum Gasteiger partial charge on any atom is 0.199 e. The van der Waals surface area contributed by atoms with Crippen LogP contribution in [0.4, 0.5) is 0 Å². The van der Waals surface area contributed by atoms with Gasteiger partial charge in [-0.2, -0.15) is 0 Å². The van der Waals surface area contributed by atoms with Crippen molar-refractivity contribution in [3.63, 3.8) is 0 Å². The molecule has 0 aliphatic heterocycles. The van der Waals surface area contributed by atoms with Crippen LogP contribution < -0.4 is 0 Å². The van der Waals surface area contributed by atoms with Crippen molar-refractivity contribution < 1.29 is 4.42 Å². The number of fused-ring (bicyclic) bond motifs is 1. The first-order valence-corrected chi connectivity index (χ1v) is 7.43. The van der Waals surface area contributed by atoms with Gasteiger partial charge < -0.3 is 8.98 Å². The second-order valence-corrected chi connectivity index (χ2v) is 5.59. The summed E-state index contributed by atoms with van der Waals surface area (Å²) in [6, 6.07) is 17.8. The van der Waals surface area contributed by atoms with Crippen LogP contribution >= 0.6 is 11.6 Å². The van der Waals surface area contributed by atoms with Gasteiger partial charge in [0, 0.05) is 35.6 Å². The van der Waals surface area contributed by atoms with Crippen molar-refractivity contribution in [1.82, 2.24) is 9.55 Å². The van der Waals surface area contributed by atoms with E-state index in [1.165, 1.54) is 0 Å². The van der Waals surface area contributed by atoms with Crippen LogP contribution in [0.1, 0.15) is 11.5 Å². The van der Waals surface area contributed by atoms with Gasteiger partial charge in [-0.3, -0.25) is 0 Å². The fraction of sp³-hybridized carbons (Fsp3) is 0.0556. The summed E-state index contributed by atoms with van der Waals surface area (Å²) in [5.41, 5.74) is 3.86. The van der Waals surface area contributed by atoms with Gasteiger partial charge >= 0.3 is 0 Å². The number of halogens is 1. The van der Waals surface area contributed by atoms with Crippen LogP contribution in [0.3, 0.4) is 0 Å². The van der Waals surface area contributed by atoms with E-state index in [4.69, 9.17) is 16.0 Å². The van der Waals surface area contributed by atoms with Gasteiger partial charge in [-0.05, 0) is 42.0 Å². The Morgan fingerprint density at radius 3 is 2.55 bits per heavy atom. The molecule has 2 aromatic heterocycles. The highest BCUT2D eigenvalue weighted by Crippen LogP contribution is 2.21. The van der Waals surface area contributed by atoms with E-state index in [2.05, 4.69) is 4.98 Å². The fourth-order valence-electron chi connectivity index (χ4n) is 2.48. The highest BCUT2D eigenvalue weighted by Gasteiger charge is 2.08. The van der Waals surface area contributed by atoms with E-state index in [0.29, 0.717) is 12.3 Å². The molecule has 0 radical (unpaired) electrons. The largest absolute Gasteiger partial charge is 0.440 e.